The van der Waals surface area contributed by atoms with Crippen molar-refractivity contribution in [1.82, 2.24) is 5.32 Å². The molecule has 1 amide bonds. The molecule has 0 radical (unpaired) electrons. The van der Waals surface area contributed by atoms with Gasteiger partial charge < -0.3 is 20.3 Å². The van der Waals surface area contributed by atoms with Crippen LogP contribution < -0.4 is 5.32 Å². The lowest BCUT2D eigenvalue weighted by Crippen LogP contribution is -2.46. The highest BCUT2D eigenvalue weighted by atomic mass is 16.5. The first-order chi connectivity index (χ1) is 28.5. The molecule has 0 aromatic heterocycles. The first-order valence-corrected chi connectivity index (χ1v) is 25.2. The average Bonchev–Trinajstić information content (AvgIpc) is 3.22. The van der Waals surface area contributed by atoms with Crippen molar-refractivity contribution in [2.24, 2.45) is 0 Å². The molecule has 340 valence electrons. The predicted octanol–water partition coefficient (Wildman–Crippen LogP) is 14.9. The minimum absolute atomic E-state index is 0.0555. The number of aliphatic hydroxyl groups is 2. The number of carbonyl (C=O) groups is 2. The van der Waals surface area contributed by atoms with Gasteiger partial charge in [0.05, 0.1) is 25.2 Å². The molecule has 0 rings (SSSR count). The van der Waals surface area contributed by atoms with Crippen LogP contribution in [0.4, 0.5) is 0 Å². The van der Waals surface area contributed by atoms with E-state index < -0.39 is 18.2 Å². The Morgan fingerprint density at radius 3 is 1.34 bits per heavy atom. The van der Waals surface area contributed by atoms with Crippen LogP contribution in [-0.4, -0.2) is 46.9 Å². The molecule has 0 aromatic carbocycles. The Morgan fingerprint density at radius 1 is 0.500 bits per heavy atom. The SMILES string of the molecule is CCCCCCCCC/C=C\CCCCCC(=O)OC(CCCCC/C=C/C=C/CCCCCCCCC)CC(=O)NC(CO)C(O)CCCCCCCCCCC. The van der Waals surface area contributed by atoms with E-state index in [-0.39, 0.29) is 24.9 Å². The van der Waals surface area contributed by atoms with Gasteiger partial charge in [-0.15, -0.1) is 0 Å². The maximum Gasteiger partial charge on any atom is 0.306 e. The van der Waals surface area contributed by atoms with Gasteiger partial charge in [-0.05, 0) is 77.0 Å². The Labute approximate surface area is 360 Å². The smallest absolute Gasteiger partial charge is 0.306 e. The second-order valence-electron chi connectivity index (χ2n) is 17.2. The summed E-state index contributed by atoms with van der Waals surface area (Å²) in [5, 5.41) is 23.6. The van der Waals surface area contributed by atoms with Crippen molar-refractivity contribution >= 4 is 11.9 Å². The molecule has 6 nitrogen and oxygen atoms in total. The van der Waals surface area contributed by atoms with Crippen molar-refractivity contribution in [3.05, 3.63) is 36.5 Å². The number of hydrogen-bond acceptors (Lipinski definition) is 5. The number of esters is 1. The van der Waals surface area contributed by atoms with Gasteiger partial charge in [-0.2, -0.15) is 0 Å². The van der Waals surface area contributed by atoms with Crippen LogP contribution in [0.15, 0.2) is 36.5 Å². The van der Waals surface area contributed by atoms with Crippen LogP contribution in [0.25, 0.3) is 0 Å². The highest BCUT2D eigenvalue weighted by molar-refractivity contribution is 5.77. The van der Waals surface area contributed by atoms with E-state index in [0.29, 0.717) is 19.3 Å². The summed E-state index contributed by atoms with van der Waals surface area (Å²) in [6.45, 7) is 6.45. The summed E-state index contributed by atoms with van der Waals surface area (Å²) >= 11 is 0. The van der Waals surface area contributed by atoms with Gasteiger partial charge in [-0.1, -0.05) is 205 Å². The van der Waals surface area contributed by atoms with Crippen LogP contribution >= 0.6 is 0 Å². The van der Waals surface area contributed by atoms with E-state index in [4.69, 9.17) is 4.74 Å². The minimum atomic E-state index is -0.794. The maximum atomic E-state index is 13.2. The largest absolute Gasteiger partial charge is 0.462 e. The summed E-state index contributed by atoms with van der Waals surface area (Å²) < 4.78 is 5.91. The Morgan fingerprint density at radius 2 is 0.879 bits per heavy atom. The summed E-state index contributed by atoms with van der Waals surface area (Å²) in [5.41, 5.74) is 0. The van der Waals surface area contributed by atoms with Crippen LogP contribution in [0.3, 0.4) is 0 Å². The zero-order chi connectivity index (χ0) is 42.4. The first-order valence-electron chi connectivity index (χ1n) is 25.2. The van der Waals surface area contributed by atoms with Crippen molar-refractivity contribution < 1.29 is 24.5 Å². The van der Waals surface area contributed by atoms with E-state index in [1.165, 1.54) is 135 Å². The molecule has 6 heteroatoms. The number of ether oxygens (including phenoxy) is 1. The van der Waals surface area contributed by atoms with Gasteiger partial charge in [0.2, 0.25) is 5.91 Å². The molecular formula is C52H97NO5. The Bertz CT molecular complexity index is 961. The number of nitrogens with one attached hydrogen (secondary N) is 1. The summed E-state index contributed by atoms with van der Waals surface area (Å²) in [6, 6.07) is -0.709. The molecular weight excluding hydrogens is 719 g/mol. The van der Waals surface area contributed by atoms with Gasteiger partial charge in [-0.25, -0.2) is 0 Å². The number of unbranched alkanes of at least 4 members (excludes halogenated alkanes) is 28. The van der Waals surface area contributed by atoms with Crippen LogP contribution in [0.2, 0.25) is 0 Å². The number of rotatable bonds is 45. The number of aliphatic hydroxyl groups excluding tert-OH is 2. The number of allylic oxidation sites excluding steroid dienone is 6. The molecule has 58 heavy (non-hydrogen) atoms. The maximum absolute atomic E-state index is 13.2. The third-order valence-corrected chi connectivity index (χ3v) is 11.5. The summed E-state index contributed by atoms with van der Waals surface area (Å²) in [5.74, 6) is -0.514. The summed E-state index contributed by atoms with van der Waals surface area (Å²) in [6.07, 6.45) is 53.5. The standard InChI is InChI=1S/C52H97NO5/c1-4-7-10-13-16-19-21-23-25-26-27-29-32-34-37-40-43-48(58-52(57)45-42-39-36-33-30-28-24-22-20-17-14-11-8-5-2)46-51(56)53-49(47-54)50(55)44-41-38-35-31-18-15-12-9-6-3/h25-30,48-50,54-55H,4-24,31-47H2,1-3H3,(H,53,56)/b26-25+,29-27+,30-28-. The zero-order valence-electron chi connectivity index (χ0n) is 38.7. The predicted molar refractivity (Wildman–Crippen MR) is 250 cm³/mol. The molecule has 0 aromatic rings. The average molecular weight is 816 g/mol. The molecule has 0 aliphatic heterocycles. The first kappa shape index (κ1) is 56.1. The van der Waals surface area contributed by atoms with Gasteiger partial charge in [0.15, 0.2) is 0 Å². The lowest BCUT2D eigenvalue weighted by Gasteiger charge is -2.24. The summed E-state index contributed by atoms with van der Waals surface area (Å²) in [4.78, 5) is 26.1. The molecule has 3 unspecified atom stereocenters. The second-order valence-corrected chi connectivity index (χ2v) is 17.2. The molecule has 3 atom stereocenters. The lowest BCUT2D eigenvalue weighted by molar-refractivity contribution is -0.151. The van der Waals surface area contributed by atoms with Crippen molar-refractivity contribution in [3.63, 3.8) is 0 Å². The molecule has 0 saturated carbocycles. The molecule has 0 aliphatic rings. The Kier molecular flexibility index (Phi) is 44.6. The van der Waals surface area contributed by atoms with Gasteiger partial charge in [0.25, 0.3) is 0 Å². The van der Waals surface area contributed by atoms with Gasteiger partial charge >= 0.3 is 5.97 Å². The lowest BCUT2D eigenvalue weighted by atomic mass is 10.0. The third-order valence-electron chi connectivity index (χ3n) is 11.5. The molecule has 0 aliphatic carbocycles. The highest BCUT2D eigenvalue weighted by Crippen LogP contribution is 2.17. The van der Waals surface area contributed by atoms with E-state index >= 15 is 0 Å². The fraction of sp³-hybridized carbons (Fsp3) is 0.846. The molecule has 0 spiro atoms. The fourth-order valence-corrected chi connectivity index (χ4v) is 7.59. The number of amides is 1. The monoisotopic (exact) mass is 816 g/mol. The normalized spacial score (nSPS) is 13.5. The topological polar surface area (TPSA) is 95.9 Å². The minimum Gasteiger partial charge on any atom is -0.462 e. The van der Waals surface area contributed by atoms with Crippen molar-refractivity contribution in [2.75, 3.05) is 6.61 Å². The van der Waals surface area contributed by atoms with Gasteiger partial charge in [0.1, 0.15) is 6.10 Å². The van der Waals surface area contributed by atoms with Crippen LogP contribution in [0, 0.1) is 0 Å². The molecule has 0 saturated heterocycles. The summed E-state index contributed by atoms with van der Waals surface area (Å²) in [7, 11) is 0. The zero-order valence-corrected chi connectivity index (χ0v) is 38.7. The third kappa shape index (κ3) is 40.8. The second kappa shape index (κ2) is 46.2. The van der Waals surface area contributed by atoms with E-state index in [1.807, 2.05) is 0 Å². The van der Waals surface area contributed by atoms with Crippen LogP contribution in [0.1, 0.15) is 258 Å². The number of carbonyl (C=O) groups excluding carboxylic acids is 2. The Balaban J connectivity index is 4.65. The Hall–Kier alpha value is -1.92. The molecule has 0 bridgehead atoms. The molecule has 0 fully saturated rings. The van der Waals surface area contributed by atoms with Crippen LogP contribution in [-0.2, 0) is 14.3 Å². The van der Waals surface area contributed by atoms with E-state index in [2.05, 4.69) is 62.5 Å². The fourth-order valence-electron chi connectivity index (χ4n) is 7.59. The van der Waals surface area contributed by atoms with E-state index in [0.717, 1.165) is 77.0 Å². The quantitative estimate of drug-likeness (QED) is 0.0246. The number of hydrogen-bond donors (Lipinski definition) is 3. The van der Waals surface area contributed by atoms with Crippen molar-refractivity contribution in [3.8, 4) is 0 Å². The van der Waals surface area contributed by atoms with Crippen molar-refractivity contribution in [2.45, 2.75) is 277 Å². The highest BCUT2D eigenvalue weighted by Gasteiger charge is 2.24. The van der Waals surface area contributed by atoms with Crippen LogP contribution in [0.5, 0.6) is 0 Å². The molecule has 0 heterocycles. The van der Waals surface area contributed by atoms with Gasteiger partial charge in [0, 0.05) is 6.42 Å². The van der Waals surface area contributed by atoms with Crippen molar-refractivity contribution in [1.29, 1.82) is 0 Å². The van der Waals surface area contributed by atoms with E-state index in [1.54, 1.807) is 0 Å². The molecule has 3 N–H and O–H groups in total. The van der Waals surface area contributed by atoms with E-state index in [9.17, 15) is 19.8 Å². The van der Waals surface area contributed by atoms with Gasteiger partial charge in [-0.3, -0.25) is 9.59 Å².